The number of carbonyl (C=O) groups is 3. The molecule has 1 fully saturated rings. The smallest absolute Gasteiger partial charge is 0.325 e. The number of hydrogen-bond acceptors (Lipinski definition) is 4. The maximum absolute atomic E-state index is 13.2. The van der Waals surface area contributed by atoms with Crippen LogP contribution in [-0.2, 0) is 21.5 Å². The van der Waals surface area contributed by atoms with Gasteiger partial charge in [0.15, 0.2) is 0 Å². The first kappa shape index (κ1) is 20.4. The molecule has 29 heavy (non-hydrogen) atoms. The monoisotopic (exact) mass is 395 g/mol. The normalized spacial score (nSPS) is 18.5. The number of nitrogens with zero attached hydrogens (tertiary/aromatic N) is 1. The lowest BCUT2D eigenvalue weighted by atomic mass is 9.87. The third kappa shape index (κ3) is 3.81. The van der Waals surface area contributed by atoms with Crippen molar-refractivity contribution >= 4 is 23.5 Å². The maximum atomic E-state index is 13.2. The highest BCUT2D eigenvalue weighted by atomic mass is 16.5. The molecule has 0 bridgehead atoms. The van der Waals surface area contributed by atoms with E-state index in [2.05, 4.69) is 10.6 Å². The van der Waals surface area contributed by atoms with Gasteiger partial charge in [-0.15, -0.1) is 0 Å². The van der Waals surface area contributed by atoms with Gasteiger partial charge < -0.3 is 15.4 Å². The summed E-state index contributed by atoms with van der Waals surface area (Å²) in [6.45, 7) is 3.47. The molecule has 7 heteroatoms. The summed E-state index contributed by atoms with van der Waals surface area (Å²) >= 11 is 0. The van der Waals surface area contributed by atoms with Crippen LogP contribution in [0, 0.1) is 0 Å². The van der Waals surface area contributed by atoms with Gasteiger partial charge in [-0.2, -0.15) is 0 Å². The number of methoxy groups -OCH3 is 1. The van der Waals surface area contributed by atoms with Crippen LogP contribution >= 0.6 is 0 Å². The number of urea groups is 1. The Labute approximate surface area is 170 Å². The zero-order valence-corrected chi connectivity index (χ0v) is 16.8. The molecule has 7 nitrogen and oxygen atoms in total. The first-order valence-electron chi connectivity index (χ1n) is 9.61. The maximum Gasteiger partial charge on any atom is 0.325 e. The third-order valence-electron chi connectivity index (χ3n) is 5.26. The number of hydrogen-bond donors (Lipinski definition) is 2. The van der Waals surface area contributed by atoms with Crippen molar-refractivity contribution in [3.63, 3.8) is 0 Å². The number of imide groups is 1. The molecular formula is C22H25N3O4. The summed E-state index contributed by atoms with van der Waals surface area (Å²) < 4.78 is 5.16. The lowest BCUT2D eigenvalue weighted by Crippen LogP contribution is -2.44. The van der Waals surface area contributed by atoms with Gasteiger partial charge in [0, 0.05) is 5.69 Å². The Kier molecular flexibility index (Phi) is 5.87. The number of anilines is 1. The van der Waals surface area contributed by atoms with Crippen molar-refractivity contribution in [1.82, 2.24) is 10.2 Å². The Morgan fingerprint density at radius 3 is 2.41 bits per heavy atom. The number of carbonyl (C=O) groups excluding carboxylic acids is 3. The van der Waals surface area contributed by atoms with E-state index in [1.165, 1.54) is 0 Å². The molecule has 0 spiro atoms. The number of amides is 4. The molecule has 0 aliphatic carbocycles. The van der Waals surface area contributed by atoms with E-state index in [0.717, 1.165) is 16.9 Å². The average molecular weight is 395 g/mol. The first-order chi connectivity index (χ1) is 13.9. The minimum atomic E-state index is -1.19. The molecule has 1 aliphatic rings. The predicted molar refractivity (Wildman–Crippen MR) is 110 cm³/mol. The summed E-state index contributed by atoms with van der Waals surface area (Å²) in [7, 11) is 1.56. The summed E-state index contributed by atoms with van der Waals surface area (Å²) in [5.41, 5.74) is 1.13. The van der Waals surface area contributed by atoms with Gasteiger partial charge in [0.05, 0.1) is 7.11 Å². The van der Waals surface area contributed by atoms with Crippen molar-refractivity contribution in [1.29, 1.82) is 0 Å². The van der Waals surface area contributed by atoms with Crippen LogP contribution in [0.2, 0.25) is 0 Å². The highest BCUT2D eigenvalue weighted by Gasteiger charge is 2.51. The van der Waals surface area contributed by atoms with Crippen molar-refractivity contribution in [3.8, 4) is 5.75 Å². The summed E-state index contributed by atoms with van der Waals surface area (Å²) in [6, 6.07) is 13.9. The van der Waals surface area contributed by atoms with Crippen LogP contribution in [0.1, 0.15) is 31.4 Å². The zero-order valence-electron chi connectivity index (χ0n) is 16.8. The first-order valence-corrected chi connectivity index (χ1v) is 9.61. The number of para-hydroxylation sites is 1. The quantitative estimate of drug-likeness (QED) is 0.706. The van der Waals surface area contributed by atoms with Crippen molar-refractivity contribution in [2.75, 3.05) is 19.0 Å². The van der Waals surface area contributed by atoms with E-state index >= 15 is 0 Å². The molecule has 2 aromatic rings. The second-order valence-corrected chi connectivity index (χ2v) is 6.87. The Morgan fingerprint density at radius 1 is 1.10 bits per heavy atom. The molecule has 0 unspecified atom stereocenters. The molecular weight excluding hydrogens is 370 g/mol. The predicted octanol–water partition coefficient (Wildman–Crippen LogP) is 3.05. The van der Waals surface area contributed by atoms with E-state index in [0.29, 0.717) is 23.4 Å². The van der Waals surface area contributed by atoms with E-state index < -0.39 is 23.4 Å². The van der Waals surface area contributed by atoms with Crippen molar-refractivity contribution < 1.29 is 19.1 Å². The molecule has 1 heterocycles. The second-order valence-electron chi connectivity index (χ2n) is 6.87. The van der Waals surface area contributed by atoms with Crippen LogP contribution in [-0.4, -0.2) is 36.4 Å². The summed E-state index contributed by atoms with van der Waals surface area (Å²) in [5.74, 6) is -0.201. The van der Waals surface area contributed by atoms with E-state index in [1.807, 2.05) is 32.0 Å². The molecule has 0 aromatic heterocycles. The van der Waals surface area contributed by atoms with Crippen molar-refractivity contribution in [2.45, 2.75) is 32.2 Å². The van der Waals surface area contributed by atoms with Crippen molar-refractivity contribution in [2.24, 2.45) is 0 Å². The molecule has 0 radical (unpaired) electrons. The van der Waals surface area contributed by atoms with Gasteiger partial charge in [-0.3, -0.25) is 14.5 Å². The van der Waals surface area contributed by atoms with Crippen LogP contribution in [0.25, 0.3) is 0 Å². The Balaban J connectivity index is 1.79. The fourth-order valence-electron chi connectivity index (χ4n) is 3.57. The SMILES string of the molecule is CCc1ccccc1NC(=O)CN1C(=O)N[C@](CC)(c2ccc(OC)cc2)C1=O. The molecule has 2 aromatic carbocycles. The molecule has 1 aliphatic heterocycles. The van der Waals surface area contributed by atoms with Gasteiger partial charge in [0.2, 0.25) is 5.91 Å². The van der Waals surface area contributed by atoms with Gasteiger partial charge in [-0.25, -0.2) is 4.79 Å². The lowest BCUT2D eigenvalue weighted by molar-refractivity contribution is -0.134. The Bertz CT molecular complexity index is 926. The molecule has 0 saturated carbocycles. The Morgan fingerprint density at radius 2 is 1.79 bits per heavy atom. The van der Waals surface area contributed by atoms with Crippen LogP contribution in [0.15, 0.2) is 48.5 Å². The van der Waals surface area contributed by atoms with Gasteiger partial charge in [0.25, 0.3) is 5.91 Å². The molecule has 4 amide bonds. The van der Waals surface area contributed by atoms with Gasteiger partial charge in [-0.05, 0) is 42.2 Å². The number of aryl methyl sites for hydroxylation is 1. The zero-order chi connectivity index (χ0) is 21.0. The summed E-state index contributed by atoms with van der Waals surface area (Å²) in [4.78, 5) is 39.2. The van der Waals surface area contributed by atoms with E-state index in [1.54, 1.807) is 37.4 Å². The molecule has 1 saturated heterocycles. The lowest BCUT2D eigenvalue weighted by Gasteiger charge is -2.26. The number of benzene rings is 2. The highest BCUT2D eigenvalue weighted by molar-refractivity contribution is 6.10. The minimum absolute atomic E-state index is 0.347. The Hall–Kier alpha value is -3.35. The largest absolute Gasteiger partial charge is 0.497 e. The van der Waals surface area contributed by atoms with Gasteiger partial charge >= 0.3 is 6.03 Å². The molecule has 1 atom stereocenters. The standard InChI is InChI=1S/C22H25N3O4/c1-4-15-8-6-7-9-18(15)23-19(26)14-25-20(27)22(5-2,24-21(25)28)16-10-12-17(29-3)13-11-16/h6-13H,4-5,14H2,1-3H3,(H,23,26)(H,24,28)/t22-/m1/s1. The highest BCUT2D eigenvalue weighted by Crippen LogP contribution is 2.33. The minimum Gasteiger partial charge on any atom is -0.497 e. The van der Waals surface area contributed by atoms with Crippen LogP contribution < -0.4 is 15.4 Å². The van der Waals surface area contributed by atoms with Crippen LogP contribution in [0.5, 0.6) is 5.75 Å². The summed E-state index contributed by atoms with van der Waals surface area (Å²) in [5, 5.41) is 5.58. The van der Waals surface area contributed by atoms with Gasteiger partial charge in [0.1, 0.15) is 17.8 Å². The fourth-order valence-corrected chi connectivity index (χ4v) is 3.57. The summed E-state index contributed by atoms with van der Waals surface area (Å²) in [6.07, 6.45) is 1.12. The molecule has 152 valence electrons. The van der Waals surface area contributed by atoms with Crippen molar-refractivity contribution in [3.05, 3.63) is 59.7 Å². The van der Waals surface area contributed by atoms with E-state index in [9.17, 15) is 14.4 Å². The van der Waals surface area contributed by atoms with Gasteiger partial charge in [-0.1, -0.05) is 44.2 Å². The number of ether oxygens (including phenoxy) is 1. The molecule has 3 rings (SSSR count). The third-order valence-corrected chi connectivity index (χ3v) is 5.26. The second kappa shape index (κ2) is 8.34. The molecule has 2 N–H and O–H groups in total. The van der Waals surface area contributed by atoms with Crippen LogP contribution in [0.3, 0.4) is 0 Å². The average Bonchev–Trinajstić information content (AvgIpc) is 2.99. The van der Waals surface area contributed by atoms with E-state index in [-0.39, 0.29) is 6.54 Å². The fraction of sp³-hybridized carbons (Fsp3) is 0.318. The van der Waals surface area contributed by atoms with Crippen LogP contribution in [0.4, 0.5) is 10.5 Å². The number of rotatable bonds is 7. The topological polar surface area (TPSA) is 87.7 Å². The van der Waals surface area contributed by atoms with E-state index in [4.69, 9.17) is 4.74 Å². The number of nitrogens with one attached hydrogen (secondary N) is 2.